The number of nitrogens with zero attached hydrogens (tertiary/aromatic N) is 2. The maximum absolute atomic E-state index is 12.6. The van der Waals surface area contributed by atoms with Gasteiger partial charge in [0.25, 0.3) is 0 Å². The van der Waals surface area contributed by atoms with E-state index in [1.807, 2.05) is 0 Å². The Morgan fingerprint density at radius 3 is 2.25 bits per heavy atom. The first-order chi connectivity index (χ1) is 9.56. The van der Waals surface area contributed by atoms with E-state index in [4.69, 9.17) is 5.11 Å². The minimum absolute atomic E-state index is 0.177. The van der Waals surface area contributed by atoms with E-state index in [1.165, 1.54) is 9.80 Å². The van der Waals surface area contributed by atoms with Crippen LogP contribution in [0.3, 0.4) is 0 Å². The Labute approximate surface area is 117 Å². The Bertz CT molecular complexity index is 412. The molecule has 2 N–H and O–H groups in total. The predicted molar refractivity (Wildman–Crippen MR) is 71.2 cm³/mol. The molecule has 0 aromatic carbocycles. The van der Waals surface area contributed by atoms with Gasteiger partial charge in [0.15, 0.2) is 0 Å². The van der Waals surface area contributed by atoms with Crippen LogP contribution in [-0.4, -0.2) is 65.0 Å². The van der Waals surface area contributed by atoms with Crippen molar-refractivity contribution in [2.24, 2.45) is 0 Å². The van der Waals surface area contributed by atoms with Crippen LogP contribution in [0.5, 0.6) is 0 Å². The first-order valence-electron chi connectivity index (χ1n) is 7.08. The highest BCUT2D eigenvalue weighted by Crippen LogP contribution is 2.24. The van der Waals surface area contributed by atoms with Gasteiger partial charge < -0.3 is 20.2 Å². The largest absolute Gasteiger partial charge is 0.480 e. The number of likely N-dealkylation sites (N-methyl/N-ethyl adjacent to an activating group) is 1. The first-order valence-corrected chi connectivity index (χ1v) is 7.08. The number of piperidine rings is 1. The lowest BCUT2D eigenvalue weighted by molar-refractivity contribution is -0.141. The number of nitrogens with one attached hydrogen (secondary N) is 1. The number of carbonyl (C=O) groups is 3. The van der Waals surface area contributed by atoms with Gasteiger partial charge in [-0.25, -0.2) is 9.59 Å². The van der Waals surface area contributed by atoms with Gasteiger partial charge in [0.1, 0.15) is 12.1 Å². The second-order valence-corrected chi connectivity index (χ2v) is 5.29. The summed E-state index contributed by atoms with van der Waals surface area (Å²) in [5.41, 5.74) is 0. The molecule has 0 radical (unpaired) electrons. The van der Waals surface area contributed by atoms with E-state index in [0.717, 1.165) is 12.8 Å². The number of likely N-dealkylation sites (tertiary alicyclic amines) is 2. The third kappa shape index (κ3) is 2.71. The van der Waals surface area contributed by atoms with Crippen molar-refractivity contribution in [2.45, 2.75) is 44.2 Å². The summed E-state index contributed by atoms with van der Waals surface area (Å²) in [5.74, 6) is -1.14. The third-order valence-electron chi connectivity index (χ3n) is 4.08. The van der Waals surface area contributed by atoms with E-state index in [9.17, 15) is 14.4 Å². The molecule has 2 aliphatic rings. The van der Waals surface area contributed by atoms with Gasteiger partial charge in [0.2, 0.25) is 5.91 Å². The maximum Gasteiger partial charge on any atom is 0.326 e. The van der Waals surface area contributed by atoms with E-state index in [1.54, 1.807) is 7.05 Å². The van der Waals surface area contributed by atoms with E-state index in [2.05, 4.69) is 5.32 Å². The minimum atomic E-state index is -0.968. The summed E-state index contributed by atoms with van der Waals surface area (Å²) >= 11 is 0. The zero-order chi connectivity index (χ0) is 14.7. The van der Waals surface area contributed by atoms with Crippen molar-refractivity contribution in [2.75, 3.05) is 20.1 Å². The van der Waals surface area contributed by atoms with E-state index in [-0.39, 0.29) is 11.9 Å². The third-order valence-corrected chi connectivity index (χ3v) is 4.08. The molecule has 2 aliphatic heterocycles. The van der Waals surface area contributed by atoms with E-state index >= 15 is 0 Å². The van der Waals surface area contributed by atoms with Crippen molar-refractivity contribution in [1.29, 1.82) is 0 Å². The quantitative estimate of drug-likeness (QED) is 0.760. The van der Waals surface area contributed by atoms with Gasteiger partial charge >= 0.3 is 12.0 Å². The monoisotopic (exact) mass is 283 g/mol. The van der Waals surface area contributed by atoms with Crippen LogP contribution >= 0.6 is 0 Å². The summed E-state index contributed by atoms with van der Waals surface area (Å²) in [6.45, 7) is 0.965. The molecule has 2 saturated heterocycles. The number of urea groups is 1. The molecular formula is C13H21N3O4. The van der Waals surface area contributed by atoms with Crippen molar-refractivity contribution in [3.8, 4) is 0 Å². The molecule has 112 valence electrons. The van der Waals surface area contributed by atoms with E-state index in [0.29, 0.717) is 32.4 Å². The molecule has 2 heterocycles. The molecule has 7 heteroatoms. The standard InChI is InChI=1S/C13H21N3O4/c1-14-11(17)9-5-2-3-7-15(9)13(20)16-8-4-6-10(16)12(18)19/h9-10H,2-8H2,1H3,(H,14,17)(H,18,19). The number of carboxylic acid groups (broad SMARTS) is 1. The number of hydrogen-bond acceptors (Lipinski definition) is 3. The average Bonchev–Trinajstić information content (AvgIpc) is 2.95. The van der Waals surface area contributed by atoms with Crippen LogP contribution in [-0.2, 0) is 9.59 Å². The summed E-state index contributed by atoms with van der Waals surface area (Å²) in [7, 11) is 1.55. The fourth-order valence-electron chi connectivity index (χ4n) is 3.02. The highest BCUT2D eigenvalue weighted by Gasteiger charge is 2.40. The topological polar surface area (TPSA) is 90.0 Å². The average molecular weight is 283 g/mol. The van der Waals surface area contributed by atoms with Crippen LogP contribution in [0.25, 0.3) is 0 Å². The first kappa shape index (κ1) is 14.6. The van der Waals surface area contributed by atoms with Crippen LogP contribution in [0.1, 0.15) is 32.1 Å². The normalized spacial score (nSPS) is 26.4. The Balaban J connectivity index is 2.13. The molecule has 0 bridgehead atoms. The molecular weight excluding hydrogens is 262 g/mol. The van der Waals surface area contributed by atoms with Crippen LogP contribution in [0.2, 0.25) is 0 Å². The summed E-state index contributed by atoms with van der Waals surface area (Å²) in [4.78, 5) is 38.5. The van der Waals surface area contributed by atoms with Crippen LogP contribution in [0.4, 0.5) is 4.79 Å². The Morgan fingerprint density at radius 2 is 1.60 bits per heavy atom. The van der Waals surface area contributed by atoms with Crippen molar-refractivity contribution >= 4 is 17.9 Å². The van der Waals surface area contributed by atoms with Crippen LogP contribution in [0, 0.1) is 0 Å². The molecule has 20 heavy (non-hydrogen) atoms. The lowest BCUT2D eigenvalue weighted by Crippen LogP contribution is -2.56. The van der Waals surface area contributed by atoms with E-state index < -0.39 is 18.1 Å². The summed E-state index contributed by atoms with van der Waals surface area (Å²) in [6.07, 6.45) is 3.58. The highest BCUT2D eigenvalue weighted by molar-refractivity contribution is 5.89. The Kier molecular flexibility index (Phi) is 4.46. The van der Waals surface area contributed by atoms with Gasteiger partial charge in [0, 0.05) is 20.1 Å². The number of carboxylic acids is 1. The van der Waals surface area contributed by atoms with Gasteiger partial charge in [-0.1, -0.05) is 0 Å². The molecule has 2 rings (SSSR count). The molecule has 0 aromatic heterocycles. The zero-order valence-electron chi connectivity index (χ0n) is 11.7. The number of hydrogen-bond donors (Lipinski definition) is 2. The minimum Gasteiger partial charge on any atom is -0.480 e. The number of aliphatic carboxylic acids is 1. The van der Waals surface area contributed by atoms with Gasteiger partial charge in [-0.2, -0.15) is 0 Å². The molecule has 0 saturated carbocycles. The molecule has 3 amide bonds. The summed E-state index contributed by atoms with van der Waals surface area (Å²) < 4.78 is 0. The molecule has 2 atom stereocenters. The zero-order valence-corrected chi connectivity index (χ0v) is 11.7. The summed E-state index contributed by atoms with van der Waals surface area (Å²) in [6, 6.07) is -1.55. The number of amides is 3. The van der Waals surface area contributed by atoms with Crippen molar-refractivity contribution in [3.63, 3.8) is 0 Å². The van der Waals surface area contributed by atoms with Gasteiger partial charge in [-0.15, -0.1) is 0 Å². The number of rotatable bonds is 2. The van der Waals surface area contributed by atoms with Gasteiger partial charge in [0.05, 0.1) is 0 Å². The molecule has 0 spiro atoms. The van der Waals surface area contributed by atoms with Gasteiger partial charge in [-0.3, -0.25) is 4.79 Å². The number of carbonyl (C=O) groups excluding carboxylic acids is 2. The molecule has 0 aliphatic carbocycles. The molecule has 2 unspecified atom stereocenters. The molecule has 7 nitrogen and oxygen atoms in total. The fraction of sp³-hybridized carbons (Fsp3) is 0.769. The van der Waals surface area contributed by atoms with Gasteiger partial charge in [-0.05, 0) is 32.1 Å². The lowest BCUT2D eigenvalue weighted by Gasteiger charge is -2.37. The van der Waals surface area contributed by atoms with Crippen LogP contribution < -0.4 is 5.32 Å². The maximum atomic E-state index is 12.6. The van der Waals surface area contributed by atoms with Crippen molar-refractivity contribution in [1.82, 2.24) is 15.1 Å². The van der Waals surface area contributed by atoms with Crippen molar-refractivity contribution < 1.29 is 19.5 Å². The second kappa shape index (κ2) is 6.11. The highest BCUT2D eigenvalue weighted by atomic mass is 16.4. The Morgan fingerprint density at radius 1 is 1.00 bits per heavy atom. The fourth-order valence-corrected chi connectivity index (χ4v) is 3.02. The SMILES string of the molecule is CNC(=O)C1CCCCN1C(=O)N1CCCC1C(=O)O. The predicted octanol–water partition coefficient (Wildman–Crippen LogP) is 0.256. The lowest BCUT2D eigenvalue weighted by atomic mass is 10.0. The summed E-state index contributed by atoms with van der Waals surface area (Å²) in [5, 5.41) is 11.7. The molecule has 0 aromatic rings. The van der Waals surface area contributed by atoms with Crippen LogP contribution in [0.15, 0.2) is 0 Å². The van der Waals surface area contributed by atoms with Crippen molar-refractivity contribution in [3.05, 3.63) is 0 Å². The molecule has 2 fully saturated rings. The Hall–Kier alpha value is -1.79. The smallest absolute Gasteiger partial charge is 0.326 e. The second-order valence-electron chi connectivity index (χ2n) is 5.29.